The zero-order valence-corrected chi connectivity index (χ0v) is 8.38. The molecule has 0 aliphatic carbocycles. The highest BCUT2D eigenvalue weighted by Crippen LogP contribution is 2.05. The smallest absolute Gasteiger partial charge is 0.336 e. The van der Waals surface area contributed by atoms with E-state index in [1.54, 1.807) is 0 Å². The van der Waals surface area contributed by atoms with Crippen LogP contribution in [0.2, 0.25) is 0 Å². The molecule has 6 nitrogen and oxygen atoms in total. The van der Waals surface area contributed by atoms with Crippen molar-refractivity contribution in [3.63, 3.8) is 0 Å². The molecule has 6 heteroatoms. The van der Waals surface area contributed by atoms with Gasteiger partial charge in [0.15, 0.2) is 0 Å². The maximum atomic E-state index is 10.7. The van der Waals surface area contributed by atoms with Crippen molar-refractivity contribution in [1.29, 1.82) is 0 Å². The van der Waals surface area contributed by atoms with Crippen LogP contribution in [-0.2, 0) is 6.61 Å². The van der Waals surface area contributed by atoms with Gasteiger partial charge in [-0.1, -0.05) is 30.3 Å². The molecular formula is C10H10N4O2. The van der Waals surface area contributed by atoms with Gasteiger partial charge in [0.2, 0.25) is 5.82 Å². The van der Waals surface area contributed by atoms with Crippen LogP contribution in [-0.4, -0.2) is 21.1 Å². The predicted octanol–water partition coefficient (Wildman–Crippen LogP) is 0.483. The number of nitrogens with one attached hydrogen (secondary N) is 1. The summed E-state index contributed by atoms with van der Waals surface area (Å²) in [6.45, 7) is 0.344. The topological polar surface area (TPSA) is 93.9 Å². The fourth-order valence-electron chi connectivity index (χ4n) is 1.14. The molecule has 0 spiro atoms. The number of benzene rings is 1. The summed E-state index contributed by atoms with van der Waals surface area (Å²) in [5.41, 5.74) is 6.00. The summed E-state index contributed by atoms with van der Waals surface area (Å²) >= 11 is 0. The van der Waals surface area contributed by atoms with Crippen LogP contribution in [0.3, 0.4) is 0 Å². The van der Waals surface area contributed by atoms with E-state index in [2.05, 4.69) is 15.2 Å². The Morgan fingerprint density at radius 3 is 2.75 bits per heavy atom. The van der Waals surface area contributed by atoms with Gasteiger partial charge in [-0.3, -0.25) is 9.89 Å². The van der Waals surface area contributed by atoms with E-state index < -0.39 is 5.91 Å². The van der Waals surface area contributed by atoms with E-state index >= 15 is 0 Å². The quantitative estimate of drug-likeness (QED) is 0.780. The van der Waals surface area contributed by atoms with Crippen LogP contribution in [0.15, 0.2) is 30.3 Å². The summed E-state index contributed by atoms with van der Waals surface area (Å²) in [5, 5.41) is 6.07. The Morgan fingerprint density at radius 1 is 1.38 bits per heavy atom. The zero-order chi connectivity index (χ0) is 11.4. The molecule has 0 radical (unpaired) electrons. The summed E-state index contributed by atoms with van der Waals surface area (Å²) in [6, 6.07) is 9.68. The van der Waals surface area contributed by atoms with Crippen molar-refractivity contribution in [2.24, 2.45) is 5.73 Å². The van der Waals surface area contributed by atoms with Crippen LogP contribution < -0.4 is 10.5 Å². The molecule has 1 aromatic carbocycles. The van der Waals surface area contributed by atoms with E-state index in [-0.39, 0.29) is 11.8 Å². The lowest BCUT2D eigenvalue weighted by Crippen LogP contribution is -2.12. The second kappa shape index (κ2) is 4.43. The molecule has 1 aromatic heterocycles. The molecule has 0 aliphatic rings. The van der Waals surface area contributed by atoms with Gasteiger partial charge in [0.1, 0.15) is 6.61 Å². The first kappa shape index (κ1) is 10.2. The summed E-state index contributed by atoms with van der Waals surface area (Å²) in [4.78, 5) is 14.5. The van der Waals surface area contributed by atoms with Gasteiger partial charge in [-0.2, -0.15) is 4.98 Å². The van der Waals surface area contributed by atoms with Gasteiger partial charge in [-0.15, -0.1) is 5.10 Å². The number of ether oxygens (including phenoxy) is 1. The Kier molecular flexibility index (Phi) is 2.81. The number of rotatable bonds is 4. The van der Waals surface area contributed by atoms with Gasteiger partial charge in [0.05, 0.1) is 0 Å². The fraction of sp³-hybridized carbons (Fsp3) is 0.100. The van der Waals surface area contributed by atoms with E-state index in [1.807, 2.05) is 30.3 Å². The Labute approximate surface area is 91.5 Å². The summed E-state index contributed by atoms with van der Waals surface area (Å²) < 4.78 is 5.26. The molecule has 2 rings (SSSR count). The molecule has 82 valence electrons. The lowest BCUT2D eigenvalue weighted by molar-refractivity contribution is 0.0990. The van der Waals surface area contributed by atoms with Crippen molar-refractivity contribution in [3.8, 4) is 6.01 Å². The van der Waals surface area contributed by atoms with E-state index in [1.165, 1.54) is 0 Å². The number of hydrogen-bond acceptors (Lipinski definition) is 4. The zero-order valence-electron chi connectivity index (χ0n) is 8.38. The van der Waals surface area contributed by atoms with Crippen LogP contribution in [0, 0.1) is 0 Å². The Bertz CT molecular complexity index is 481. The second-order valence-electron chi connectivity index (χ2n) is 3.11. The molecule has 3 N–H and O–H groups in total. The number of carbonyl (C=O) groups is 1. The Balaban J connectivity index is 1.97. The average molecular weight is 218 g/mol. The largest absolute Gasteiger partial charge is 0.458 e. The highest BCUT2D eigenvalue weighted by Gasteiger charge is 2.08. The molecule has 0 unspecified atom stereocenters. The third-order valence-corrected chi connectivity index (χ3v) is 1.91. The van der Waals surface area contributed by atoms with Gasteiger partial charge >= 0.3 is 6.01 Å². The Morgan fingerprint density at radius 2 is 2.12 bits per heavy atom. The minimum Gasteiger partial charge on any atom is -0.458 e. The summed E-state index contributed by atoms with van der Waals surface area (Å²) in [5.74, 6) is -0.676. The molecule has 0 saturated heterocycles. The number of aromatic nitrogens is 3. The van der Waals surface area contributed by atoms with Crippen LogP contribution in [0.25, 0.3) is 0 Å². The van der Waals surface area contributed by atoms with E-state index in [0.29, 0.717) is 6.61 Å². The van der Waals surface area contributed by atoms with Crippen LogP contribution >= 0.6 is 0 Å². The molecular weight excluding hydrogens is 208 g/mol. The number of primary amides is 1. The molecule has 1 heterocycles. The number of nitrogens with two attached hydrogens (primary N) is 1. The maximum Gasteiger partial charge on any atom is 0.336 e. The van der Waals surface area contributed by atoms with Crippen molar-refractivity contribution >= 4 is 5.91 Å². The van der Waals surface area contributed by atoms with Crippen molar-refractivity contribution in [3.05, 3.63) is 41.7 Å². The highest BCUT2D eigenvalue weighted by atomic mass is 16.5. The van der Waals surface area contributed by atoms with Gasteiger partial charge < -0.3 is 10.5 Å². The van der Waals surface area contributed by atoms with Gasteiger partial charge in [0.25, 0.3) is 5.91 Å². The van der Waals surface area contributed by atoms with Gasteiger partial charge in [-0.05, 0) is 5.56 Å². The van der Waals surface area contributed by atoms with Crippen LogP contribution in [0.5, 0.6) is 6.01 Å². The molecule has 1 amide bonds. The fourth-order valence-corrected chi connectivity index (χ4v) is 1.14. The number of H-pyrrole nitrogens is 1. The molecule has 0 fully saturated rings. The van der Waals surface area contributed by atoms with Gasteiger partial charge in [-0.25, -0.2) is 0 Å². The second-order valence-corrected chi connectivity index (χ2v) is 3.11. The first-order valence-electron chi connectivity index (χ1n) is 4.64. The van der Waals surface area contributed by atoms with E-state index in [0.717, 1.165) is 5.56 Å². The molecule has 0 saturated carbocycles. The predicted molar refractivity (Wildman–Crippen MR) is 55.7 cm³/mol. The number of carbonyl (C=O) groups excluding carboxylic acids is 1. The van der Waals surface area contributed by atoms with Crippen molar-refractivity contribution in [2.75, 3.05) is 0 Å². The lowest BCUT2D eigenvalue weighted by Gasteiger charge is -2.00. The normalized spacial score (nSPS) is 10.0. The summed E-state index contributed by atoms with van der Waals surface area (Å²) in [7, 11) is 0. The minimum absolute atomic E-state index is 0.0111. The standard InChI is InChI=1S/C10H10N4O2/c11-8(15)9-12-10(14-13-9)16-6-7-4-2-1-3-5-7/h1-5H,6H2,(H2,11,15)(H,12,13,14). The molecule has 16 heavy (non-hydrogen) atoms. The molecule has 0 atom stereocenters. The number of hydrogen-bond donors (Lipinski definition) is 2. The van der Waals surface area contributed by atoms with Crippen LogP contribution in [0.4, 0.5) is 0 Å². The number of nitrogens with zero attached hydrogens (tertiary/aromatic N) is 2. The minimum atomic E-state index is -0.665. The third kappa shape index (κ3) is 2.35. The van der Waals surface area contributed by atoms with Crippen LogP contribution in [0.1, 0.15) is 16.2 Å². The number of amides is 1. The SMILES string of the molecule is NC(=O)c1nc(OCc2ccccc2)n[nH]1. The molecule has 2 aromatic rings. The highest BCUT2D eigenvalue weighted by molar-refractivity contribution is 5.88. The van der Waals surface area contributed by atoms with E-state index in [4.69, 9.17) is 10.5 Å². The van der Waals surface area contributed by atoms with Crippen molar-refractivity contribution in [1.82, 2.24) is 15.2 Å². The summed E-state index contributed by atoms with van der Waals surface area (Å²) in [6.07, 6.45) is 0. The lowest BCUT2D eigenvalue weighted by atomic mass is 10.2. The molecule has 0 aliphatic heterocycles. The van der Waals surface area contributed by atoms with Gasteiger partial charge in [0, 0.05) is 0 Å². The maximum absolute atomic E-state index is 10.7. The van der Waals surface area contributed by atoms with Crippen molar-refractivity contribution in [2.45, 2.75) is 6.61 Å². The molecule has 0 bridgehead atoms. The average Bonchev–Trinajstić information content (AvgIpc) is 2.76. The number of aromatic amines is 1. The first-order valence-corrected chi connectivity index (χ1v) is 4.64. The first-order chi connectivity index (χ1) is 7.75. The van der Waals surface area contributed by atoms with Crippen molar-refractivity contribution < 1.29 is 9.53 Å². The third-order valence-electron chi connectivity index (χ3n) is 1.91. The van der Waals surface area contributed by atoms with E-state index in [9.17, 15) is 4.79 Å². The monoisotopic (exact) mass is 218 g/mol. The Hall–Kier alpha value is -2.37.